The fourth-order valence-corrected chi connectivity index (χ4v) is 2.29. The SMILES string of the molecule is COc1cccc(C(CNc2cccc(C)n2)N(C)C)c1. The van der Waals surface area contributed by atoms with Crippen molar-refractivity contribution in [2.24, 2.45) is 0 Å². The Morgan fingerprint density at radius 2 is 1.95 bits per heavy atom. The lowest BCUT2D eigenvalue weighted by atomic mass is 10.1. The molecular formula is C17H23N3O. The summed E-state index contributed by atoms with van der Waals surface area (Å²) in [5, 5.41) is 3.41. The fourth-order valence-electron chi connectivity index (χ4n) is 2.29. The van der Waals surface area contributed by atoms with Crippen LogP contribution in [0, 0.1) is 6.92 Å². The smallest absolute Gasteiger partial charge is 0.126 e. The maximum absolute atomic E-state index is 5.31. The first kappa shape index (κ1) is 15.3. The molecule has 1 N–H and O–H groups in total. The molecule has 0 aliphatic rings. The molecule has 0 spiro atoms. The molecule has 0 aliphatic carbocycles. The molecule has 2 rings (SSSR count). The maximum atomic E-state index is 5.31. The van der Waals surface area contributed by atoms with Gasteiger partial charge in [-0.05, 0) is 50.8 Å². The third-order valence-corrected chi connectivity index (χ3v) is 3.47. The number of methoxy groups -OCH3 is 1. The molecule has 0 aliphatic heterocycles. The Morgan fingerprint density at radius 3 is 2.62 bits per heavy atom. The van der Waals surface area contributed by atoms with E-state index in [4.69, 9.17) is 4.74 Å². The van der Waals surface area contributed by atoms with E-state index in [1.807, 2.05) is 37.3 Å². The van der Waals surface area contributed by atoms with E-state index in [0.717, 1.165) is 23.8 Å². The summed E-state index contributed by atoms with van der Waals surface area (Å²) in [6.07, 6.45) is 0. The molecule has 1 aromatic heterocycles. The molecule has 4 nitrogen and oxygen atoms in total. The highest BCUT2D eigenvalue weighted by Crippen LogP contribution is 2.23. The van der Waals surface area contributed by atoms with Crippen molar-refractivity contribution in [3.8, 4) is 5.75 Å². The minimum Gasteiger partial charge on any atom is -0.497 e. The van der Waals surface area contributed by atoms with Gasteiger partial charge in [0.2, 0.25) is 0 Å². The van der Waals surface area contributed by atoms with Crippen LogP contribution >= 0.6 is 0 Å². The Morgan fingerprint density at radius 1 is 1.19 bits per heavy atom. The van der Waals surface area contributed by atoms with E-state index in [2.05, 4.69) is 41.4 Å². The molecule has 0 saturated carbocycles. The topological polar surface area (TPSA) is 37.4 Å². The molecule has 0 radical (unpaired) electrons. The molecule has 1 unspecified atom stereocenters. The van der Waals surface area contributed by atoms with Gasteiger partial charge in [0.05, 0.1) is 13.2 Å². The first-order chi connectivity index (χ1) is 10.1. The van der Waals surface area contributed by atoms with E-state index in [1.54, 1.807) is 7.11 Å². The van der Waals surface area contributed by atoms with Gasteiger partial charge in [0.15, 0.2) is 0 Å². The van der Waals surface area contributed by atoms with Crippen molar-refractivity contribution in [3.05, 3.63) is 53.7 Å². The summed E-state index contributed by atoms with van der Waals surface area (Å²) in [6.45, 7) is 2.79. The molecule has 21 heavy (non-hydrogen) atoms. The fraction of sp³-hybridized carbons (Fsp3) is 0.353. The molecule has 112 valence electrons. The summed E-state index contributed by atoms with van der Waals surface area (Å²) in [5.74, 6) is 1.79. The maximum Gasteiger partial charge on any atom is 0.126 e. The Balaban J connectivity index is 2.12. The molecule has 0 saturated heterocycles. The Hall–Kier alpha value is -2.07. The van der Waals surface area contributed by atoms with Gasteiger partial charge in [-0.25, -0.2) is 4.98 Å². The standard InChI is InChI=1S/C17H23N3O/c1-13-7-5-10-17(19-13)18-12-16(20(2)3)14-8-6-9-15(11-14)21-4/h5-11,16H,12H2,1-4H3,(H,18,19). The van der Waals surface area contributed by atoms with Gasteiger partial charge in [0.1, 0.15) is 11.6 Å². The molecule has 1 aromatic carbocycles. The van der Waals surface area contributed by atoms with Crippen molar-refractivity contribution in [1.29, 1.82) is 0 Å². The third-order valence-electron chi connectivity index (χ3n) is 3.47. The zero-order chi connectivity index (χ0) is 15.2. The van der Waals surface area contributed by atoms with Crippen LogP contribution in [-0.2, 0) is 0 Å². The van der Waals surface area contributed by atoms with E-state index in [-0.39, 0.29) is 6.04 Å². The first-order valence-corrected chi connectivity index (χ1v) is 7.08. The van der Waals surface area contributed by atoms with Crippen LogP contribution in [0.15, 0.2) is 42.5 Å². The van der Waals surface area contributed by atoms with Crippen molar-refractivity contribution in [1.82, 2.24) is 9.88 Å². The summed E-state index contributed by atoms with van der Waals surface area (Å²) in [5.41, 5.74) is 2.24. The first-order valence-electron chi connectivity index (χ1n) is 7.08. The van der Waals surface area contributed by atoms with Crippen molar-refractivity contribution >= 4 is 5.82 Å². The van der Waals surface area contributed by atoms with Gasteiger partial charge in [-0.2, -0.15) is 0 Å². The average molecular weight is 285 g/mol. The number of nitrogens with one attached hydrogen (secondary N) is 1. The number of benzene rings is 1. The highest BCUT2D eigenvalue weighted by molar-refractivity contribution is 5.37. The van der Waals surface area contributed by atoms with Crippen LogP contribution in [0.2, 0.25) is 0 Å². The van der Waals surface area contributed by atoms with Crippen LogP contribution in [0.5, 0.6) is 5.75 Å². The van der Waals surface area contributed by atoms with Gasteiger partial charge in [0, 0.05) is 12.2 Å². The zero-order valence-electron chi connectivity index (χ0n) is 13.1. The summed E-state index contributed by atoms with van der Waals surface area (Å²) >= 11 is 0. The van der Waals surface area contributed by atoms with Crippen LogP contribution < -0.4 is 10.1 Å². The van der Waals surface area contributed by atoms with E-state index < -0.39 is 0 Å². The highest BCUT2D eigenvalue weighted by atomic mass is 16.5. The molecule has 0 fully saturated rings. The van der Waals surface area contributed by atoms with E-state index in [0.29, 0.717) is 0 Å². The van der Waals surface area contributed by atoms with E-state index in [1.165, 1.54) is 5.56 Å². The molecule has 0 amide bonds. The predicted octanol–water partition coefficient (Wildman–Crippen LogP) is 3.11. The summed E-state index contributed by atoms with van der Waals surface area (Å²) in [4.78, 5) is 6.67. The molecule has 1 atom stereocenters. The number of hydrogen-bond donors (Lipinski definition) is 1. The lowest BCUT2D eigenvalue weighted by Gasteiger charge is -2.25. The summed E-state index contributed by atoms with van der Waals surface area (Å²) < 4.78 is 5.31. The van der Waals surface area contributed by atoms with Gasteiger partial charge in [0.25, 0.3) is 0 Å². The molecule has 2 aromatic rings. The Kier molecular flexibility index (Phi) is 5.17. The van der Waals surface area contributed by atoms with Gasteiger partial charge in [-0.15, -0.1) is 0 Å². The number of nitrogens with zero attached hydrogens (tertiary/aromatic N) is 2. The molecule has 4 heteroatoms. The van der Waals surface area contributed by atoms with Crippen LogP contribution in [-0.4, -0.2) is 37.6 Å². The molecular weight excluding hydrogens is 262 g/mol. The number of rotatable bonds is 6. The quantitative estimate of drug-likeness (QED) is 0.885. The number of hydrogen-bond acceptors (Lipinski definition) is 4. The average Bonchev–Trinajstić information content (AvgIpc) is 2.47. The Bertz CT molecular complexity index is 584. The second kappa shape index (κ2) is 7.09. The normalized spacial score (nSPS) is 12.2. The predicted molar refractivity (Wildman–Crippen MR) is 86.9 cm³/mol. The lowest BCUT2D eigenvalue weighted by molar-refractivity contribution is 0.310. The van der Waals surface area contributed by atoms with E-state index >= 15 is 0 Å². The number of ether oxygens (including phenoxy) is 1. The number of likely N-dealkylation sites (N-methyl/N-ethyl adjacent to an activating group) is 1. The molecule has 1 heterocycles. The van der Waals surface area contributed by atoms with Crippen molar-refractivity contribution in [2.75, 3.05) is 33.1 Å². The van der Waals surface area contributed by atoms with Gasteiger partial charge >= 0.3 is 0 Å². The van der Waals surface area contributed by atoms with Gasteiger partial charge in [-0.3, -0.25) is 0 Å². The minimum absolute atomic E-state index is 0.252. The van der Waals surface area contributed by atoms with Gasteiger partial charge < -0.3 is 15.0 Å². The van der Waals surface area contributed by atoms with Crippen LogP contribution in [0.4, 0.5) is 5.82 Å². The second-order valence-electron chi connectivity index (χ2n) is 5.30. The van der Waals surface area contributed by atoms with Crippen LogP contribution in [0.1, 0.15) is 17.3 Å². The summed E-state index contributed by atoms with van der Waals surface area (Å²) in [6, 6.07) is 14.4. The van der Waals surface area contributed by atoms with Crippen molar-refractivity contribution in [3.63, 3.8) is 0 Å². The minimum atomic E-state index is 0.252. The third kappa shape index (κ3) is 4.20. The number of pyridine rings is 1. The Labute approximate surface area is 126 Å². The number of aromatic nitrogens is 1. The van der Waals surface area contributed by atoms with E-state index in [9.17, 15) is 0 Å². The zero-order valence-corrected chi connectivity index (χ0v) is 13.1. The monoisotopic (exact) mass is 285 g/mol. The molecule has 0 bridgehead atoms. The van der Waals surface area contributed by atoms with Crippen LogP contribution in [0.3, 0.4) is 0 Å². The lowest BCUT2D eigenvalue weighted by Crippen LogP contribution is -2.27. The second-order valence-corrected chi connectivity index (χ2v) is 5.30. The van der Waals surface area contributed by atoms with Crippen molar-refractivity contribution in [2.45, 2.75) is 13.0 Å². The number of aryl methyl sites for hydroxylation is 1. The largest absolute Gasteiger partial charge is 0.497 e. The van der Waals surface area contributed by atoms with Crippen LogP contribution in [0.25, 0.3) is 0 Å². The van der Waals surface area contributed by atoms with Crippen molar-refractivity contribution < 1.29 is 4.74 Å². The summed E-state index contributed by atoms with van der Waals surface area (Å²) in [7, 11) is 5.85. The highest BCUT2D eigenvalue weighted by Gasteiger charge is 2.14. The van der Waals surface area contributed by atoms with Gasteiger partial charge in [-0.1, -0.05) is 18.2 Å². The number of anilines is 1.